The van der Waals surface area contributed by atoms with Crippen LogP contribution in [0.4, 0.5) is 26.3 Å². The first-order chi connectivity index (χ1) is 16.5. The van der Waals surface area contributed by atoms with E-state index in [1.807, 2.05) is 0 Å². The van der Waals surface area contributed by atoms with Crippen LogP contribution in [0, 0.1) is 17.0 Å². The Morgan fingerprint density at radius 1 is 1.06 bits per heavy atom. The van der Waals surface area contributed by atoms with E-state index in [4.69, 9.17) is 0 Å². The number of nitrogens with zero attached hydrogens (tertiary/aromatic N) is 3. The molecule has 0 aliphatic heterocycles. The zero-order valence-corrected chi connectivity index (χ0v) is 18.3. The van der Waals surface area contributed by atoms with Gasteiger partial charge in [-0.25, -0.2) is 27.2 Å². The molecule has 3 saturated carbocycles. The summed E-state index contributed by atoms with van der Waals surface area (Å²) in [5.74, 6) is -6.03. The van der Waals surface area contributed by atoms with Crippen molar-refractivity contribution in [3.8, 4) is 0 Å². The van der Waals surface area contributed by atoms with Crippen LogP contribution in [-0.2, 0) is 28.9 Å². The van der Waals surface area contributed by atoms with Gasteiger partial charge in [-0.2, -0.15) is 13.9 Å². The van der Waals surface area contributed by atoms with Gasteiger partial charge in [0, 0.05) is 17.0 Å². The van der Waals surface area contributed by atoms with Crippen molar-refractivity contribution in [2.75, 3.05) is 0 Å². The van der Waals surface area contributed by atoms with Gasteiger partial charge >= 0.3 is 6.61 Å². The van der Waals surface area contributed by atoms with E-state index in [0.29, 0.717) is 11.6 Å². The maximum atomic E-state index is 16.2. The molecule has 2 bridgehead atoms. The molecule has 0 saturated heterocycles. The molecule has 3 fully saturated rings. The lowest BCUT2D eigenvalue weighted by atomic mass is 9.30. The molecule has 11 heteroatoms. The van der Waals surface area contributed by atoms with Gasteiger partial charge < -0.3 is 9.84 Å². The van der Waals surface area contributed by atoms with E-state index in [0.717, 1.165) is 35.0 Å². The van der Waals surface area contributed by atoms with Crippen molar-refractivity contribution in [2.24, 2.45) is 5.41 Å². The molecule has 35 heavy (non-hydrogen) atoms. The van der Waals surface area contributed by atoms with Crippen molar-refractivity contribution in [1.82, 2.24) is 14.8 Å². The average Bonchev–Trinajstić information content (AvgIpc) is 3.23. The highest BCUT2D eigenvalue weighted by molar-refractivity contribution is 5.43. The van der Waals surface area contributed by atoms with Gasteiger partial charge in [-0.3, -0.25) is 0 Å². The standard InChI is InChI=1S/C24H21F6N3O2/c25-17-5-6-18(19(26)7-17)23(34,12-33-14-31-13-32-33)24(29,30)22-9-21(10-22,11-22)16-3-1-15(2-4-16)8-35-20(27)28/h1-7,13-14,20,34H,8-12H2/t21?,22?,23-/m0/s1. The van der Waals surface area contributed by atoms with Crippen molar-refractivity contribution < 1.29 is 36.2 Å². The summed E-state index contributed by atoms with van der Waals surface area (Å²) in [7, 11) is 0. The average molecular weight is 497 g/mol. The van der Waals surface area contributed by atoms with Gasteiger partial charge in [0.2, 0.25) is 0 Å². The van der Waals surface area contributed by atoms with Gasteiger partial charge in [0.15, 0.2) is 5.60 Å². The molecule has 0 radical (unpaired) electrons. The molecule has 186 valence electrons. The predicted octanol–water partition coefficient (Wildman–Crippen LogP) is 4.94. The summed E-state index contributed by atoms with van der Waals surface area (Å²) in [5.41, 5.74) is -4.57. The molecule has 3 aromatic rings. The van der Waals surface area contributed by atoms with Crippen LogP contribution in [0.2, 0.25) is 0 Å². The highest BCUT2D eigenvalue weighted by Gasteiger charge is 2.82. The second kappa shape index (κ2) is 8.06. The molecular formula is C24H21F6N3O2. The molecule has 0 spiro atoms. The van der Waals surface area contributed by atoms with Gasteiger partial charge in [0.05, 0.1) is 13.2 Å². The van der Waals surface area contributed by atoms with E-state index < -0.39 is 52.7 Å². The van der Waals surface area contributed by atoms with E-state index in [1.54, 1.807) is 24.3 Å². The predicted molar refractivity (Wildman–Crippen MR) is 110 cm³/mol. The van der Waals surface area contributed by atoms with Gasteiger partial charge in [-0.1, -0.05) is 24.3 Å². The molecular weight excluding hydrogens is 476 g/mol. The largest absolute Gasteiger partial charge is 0.377 e. The zero-order chi connectivity index (χ0) is 25.1. The van der Waals surface area contributed by atoms with E-state index in [2.05, 4.69) is 14.8 Å². The molecule has 1 heterocycles. The highest BCUT2D eigenvalue weighted by atomic mass is 19.3. The summed E-state index contributed by atoms with van der Waals surface area (Å²) in [6.45, 7) is -3.95. The van der Waals surface area contributed by atoms with Crippen LogP contribution in [0.3, 0.4) is 0 Å². The van der Waals surface area contributed by atoms with Crippen LogP contribution in [0.25, 0.3) is 0 Å². The third kappa shape index (κ3) is 3.63. The lowest BCUT2D eigenvalue weighted by Crippen LogP contribution is -2.76. The monoisotopic (exact) mass is 497 g/mol. The molecule has 0 amide bonds. The lowest BCUT2D eigenvalue weighted by Gasteiger charge is -2.74. The van der Waals surface area contributed by atoms with Crippen molar-refractivity contribution in [2.45, 2.75) is 56.0 Å². The molecule has 3 aliphatic carbocycles. The minimum absolute atomic E-state index is 0.0440. The Bertz CT molecular complexity index is 1200. The zero-order valence-electron chi connectivity index (χ0n) is 18.3. The molecule has 3 aliphatic rings. The first-order valence-corrected chi connectivity index (χ1v) is 10.9. The van der Waals surface area contributed by atoms with Gasteiger partial charge in [0.1, 0.15) is 24.3 Å². The van der Waals surface area contributed by atoms with Crippen molar-refractivity contribution in [1.29, 1.82) is 0 Å². The van der Waals surface area contributed by atoms with Crippen LogP contribution < -0.4 is 0 Å². The maximum absolute atomic E-state index is 16.2. The molecule has 1 aromatic heterocycles. The third-order valence-corrected chi connectivity index (χ3v) is 7.39. The Labute approximate surface area is 196 Å². The SMILES string of the molecule is O[C@@](Cn1cncn1)(c1ccc(F)cc1F)C(F)(F)C12CC(c3ccc(COC(F)F)cc3)(C1)C2. The Morgan fingerprint density at radius 3 is 2.31 bits per heavy atom. The molecule has 6 rings (SSSR count). The van der Waals surface area contributed by atoms with Crippen LogP contribution in [-0.4, -0.2) is 32.4 Å². The lowest BCUT2D eigenvalue weighted by molar-refractivity contribution is -0.347. The van der Waals surface area contributed by atoms with Gasteiger partial charge in [-0.05, 0) is 47.9 Å². The fourth-order valence-electron chi connectivity index (χ4n) is 5.71. The topological polar surface area (TPSA) is 60.2 Å². The summed E-state index contributed by atoms with van der Waals surface area (Å²) < 4.78 is 90.2. The normalized spacial score (nSPS) is 25.1. The summed E-state index contributed by atoms with van der Waals surface area (Å²) in [5, 5.41) is 15.2. The number of aliphatic hydroxyl groups is 1. The smallest absolute Gasteiger partial charge is 0.345 e. The van der Waals surface area contributed by atoms with E-state index >= 15 is 8.78 Å². The van der Waals surface area contributed by atoms with Crippen LogP contribution in [0.1, 0.15) is 36.0 Å². The number of ether oxygens (including phenoxy) is 1. The van der Waals surface area contributed by atoms with Crippen molar-refractivity contribution in [3.63, 3.8) is 0 Å². The Hall–Kier alpha value is -2.92. The fraction of sp³-hybridized carbons (Fsp3) is 0.417. The number of benzene rings is 2. The summed E-state index contributed by atoms with van der Waals surface area (Å²) in [4.78, 5) is 3.70. The minimum atomic E-state index is -3.79. The first kappa shape index (κ1) is 23.8. The van der Waals surface area contributed by atoms with Gasteiger partial charge in [0.25, 0.3) is 5.92 Å². The number of halogens is 6. The van der Waals surface area contributed by atoms with Gasteiger partial charge in [-0.15, -0.1) is 0 Å². The minimum Gasteiger partial charge on any atom is -0.377 e. The third-order valence-electron chi connectivity index (χ3n) is 7.39. The van der Waals surface area contributed by atoms with Crippen LogP contribution >= 0.6 is 0 Å². The second-order valence-electron chi connectivity index (χ2n) is 9.51. The maximum Gasteiger partial charge on any atom is 0.345 e. The quantitative estimate of drug-likeness (QED) is 0.426. The Kier molecular flexibility index (Phi) is 5.48. The molecule has 1 N–H and O–H groups in total. The summed E-state index contributed by atoms with van der Waals surface area (Å²) in [6, 6.07) is 8.73. The Morgan fingerprint density at radius 2 is 1.74 bits per heavy atom. The molecule has 0 unspecified atom stereocenters. The van der Waals surface area contributed by atoms with Crippen LogP contribution in [0.5, 0.6) is 0 Å². The van der Waals surface area contributed by atoms with Crippen LogP contribution in [0.15, 0.2) is 55.1 Å². The number of rotatable bonds is 9. The van der Waals surface area contributed by atoms with E-state index in [1.165, 1.54) is 0 Å². The first-order valence-electron chi connectivity index (χ1n) is 10.9. The number of hydrogen-bond donors (Lipinski definition) is 1. The highest BCUT2D eigenvalue weighted by Crippen LogP contribution is 2.80. The Balaban J connectivity index is 1.41. The molecule has 1 atom stereocenters. The fourth-order valence-corrected chi connectivity index (χ4v) is 5.71. The number of hydrogen-bond acceptors (Lipinski definition) is 4. The van der Waals surface area contributed by atoms with Crippen molar-refractivity contribution >= 4 is 0 Å². The second-order valence-corrected chi connectivity index (χ2v) is 9.51. The number of alkyl halides is 4. The van der Waals surface area contributed by atoms with E-state index in [-0.39, 0.29) is 25.9 Å². The van der Waals surface area contributed by atoms with Crippen molar-refractivity contribution in [3.05, 3.63) is 83.4 Å². The molecule has 5 nitrogen and oxygen atoms in total. The number of aromatic nitrogens is 3. The molecule has 2 aromatic carbocycles. The summed E-state index contributed by atoms with van der Waals surface area (Å²) in [6.07, 6.45) is 2.37. The van der Waals surface area contributed by atoms with E-state index in [9.17, 15) is 22.7 Å². The summed E-state index contributed by atoms with van der Waals surface area (Å²) >= 11 is 0.